The summed E-state index contributed by atoms with van der Waals surface area (Å²) in [5.41, 5.74) is 0. The second-order valence-electron chi connectivity index (χ2n) is 17.5. The van der Waals surface area contributed by atoms with E-state index in [1.807, 2.05) is 0 Å². The minimum atomic E-state index is -0.799. The Morgan fingerprint density at radius 1 is 0.547 bits per heavy atom. The van der Waals surface area contributed by atoms with Crippen LogP contribution in [0, 0.1) is 17.8 Å². The number of esters is 3. The first-order valence-corrected chi connectivity index (χ1v) is 25.8. The Morgan fingerprint density at radius 3 is 1.67 bits per heavy atom. The van der Waals surface area contributed by atoms with Crippen LogP contribution in [-0.4, -0.2) is 101 Å². The van der Waals surface area contributed by atoms with E-state index in [0.29, 0.717) is 45.0 Å². The van der Waals surface area contributed by atoms with Crippen LogP contribution >= 0.6 is 0 Å². The van der Waals surface area contributed by atoms with Gasteiger partial charge in [0.25, 0.3) is 0 Å². The number of likely N-dealkylation sites (tertiary alicyclic amines) is 1. The number of piperidine rings is 1. The molecule has 0 radical (unpaired) electrons. The zero-order chi connectivity index (χ0) is 46.7. The summed E-state index contributed by atoms with van der Waals surface area (Å²) in [5, 5.41) is 0. The second-order valence-corrected chi connectivity index (χ2v) is 17.5. The van der Waals surface area contributed by atoms with Gasteiger partial charge in [0, 0.05) is 44.9 Å². The van der Waals surface area contributed by atoms with E-state index in [1.54, 1.807) is 0 Å². The number of nitrogens with zero attached hydrogens (tertiary/aromatic N) is 1. The molecule has 1 heterocycles. The average Bonchev–Trinajstić information content (AvgIpc) is 3.30. The fourth-order valence-corrected chi connectivity index (χ4v) is 7.63. The van der Waals surface area contributed by atoms with Crippen molar-refractivity contribution in [1.82, 2.24) is 4.90 Å². The smallest absolute Gasteiger partial charge is 0.466 e. The van der Waals surface area contributed by atoms with Crippen LogP contribution in [0.1, 0.15) is 195 Å². The highest BCUT2D eigenvalue weighted by atomic mass is 16.7. The quantitative estimate of drug-likeness (QED) is 0.0190. The molecule has 372 valence electrons. The normalized spacial score (nSPS) is 15.0. The molecule has 0 aromatic carbocycles. The van der Waals surface area contributed by atoms with Crippen LogP contribution < -0.4 is 0 Å². The van der Waals surface area contributed by atoms with E-state index in [0.717, 1.165) is 90.3 Å². The lowest BCUT2D eigenvalue weighted by Gasteiger charge is -2.31. The highest BCUT2D eigenvalue weighted by Crippen LogP contribution is 2.22. The van der Waals surface area contributed by atoms with Crippen molar-refractivity contribution in [2.75, 3.05) is 65.9 Å². The number of carbonyl (C=O) groups excluding carboxylic acids is 4. The summed E-state index contributed by atoms with van der Waals surface area (Å²) in [5.74, 6) is -0.871. The van der Waals surface area contributed by atoms with E-state index < -0.39 is 30.3 Å². The molecular weight excluding hydrogens is 815 g/mol. The van der Waals surface area contributed by atoms with Gasteiger partial charge in [0.05, 0.1) is 25.6 Å². The SMILES string of the molecule is CC/C=C\CCCCOC(CCC(=O)OCC(COC(=O)CCCCC(=O)OCCC(CCCCC)CCCCC)COC(=O)OCC1CCCN(CC)C1)OCCCC/C=C\CC. The Kier molecular flexibility index (Phi) is 39.4. The lowest BCUT2D eigenvalue weighted by Crippen LogP contribution is -2.37. The van der Waals surface area contributed by atoms with Gasteiger partial charge < -0.3 is 38.1 Å². The number of unbranched alkanes of at least 4 members (excludes halogenated alkanes) is 9. The molecule has 12 heteroatoms. The maximum absolute atomic E-state index is 13.0. The van der Waals surface area contributed by atoms with E-state index >= 15 is 0 Å². The number of carbonyl (C=O) groups is 4. The Balaban J connectivity index is 2.65. The van der Waals surface area contributed by atoms with Gasteiger partial charge in [-0.3, -0.25) is 14.4 Å². The third-order valence-corrected chi connectivity index (χ3v) is 11.6. The molecule has 0 N–H and O–H groups in total. The summed E-state index contributed by atoms with van der Waals surface area (Å²) < 4.78 is 39.8. The molecule has 1 aliphatic rings. The molecule has 0 aromatic heterocycles. The van der Waals surface area contributed by atoms with Crippen LogP contribution in [-0.2, 0) is 47.5 Å². The van der Waals surface area contributed by atoms with Crippen molar-refractivity contribution < 1.29 is 52.3 Å². The molecule has 12 nitrogen and oxygen atoms in total. The Bertz CT molecular complexity index is 1180. The summed E-state index contributed by atoms with van der Waals surface area (Å²) in [6, 6.07) is 0. The standard InChI is InChI=1S/C52H93NO11/c1-6-11-15-17-19-25-37-59-51(60-38-26-20-18-16-12-7-2)34-33-50(56)62-43-47(44-64-52(57)63-41-46-30-27-36-53(10-5)40-46)42-61-49(55)32-24-23-31-48(54)58-39-35-45(28-21-13-8-3)29-22-14-9-4/h11-12,15-16,45-47,51H,6-10,13-14,17-44H2,1-5H3/b15-11-,16-12-. The summed E-state index contributed by atoms with van der Waals surface area (Å²) >= 11 is 0. The van der Waals surface area contributed by atoms with Gasteiger partial charge in [-0.25, -0.2) is 4.79 Å². The molecule has 0 saturated carbocycles. The largest absolute Gasteiger partial charge is 0.508 e. The minimum absolute atomic E-state index is 0.0790. The average molecular weight is 908 g/mol. The zero-order valence-corrected chi connectivity index (χ0v) is 41.3. The minimum Gasteiger partial charge on any atom is -0.466 e. The van der Waals surface area contributed by atoms with Gasteiger partial charge in [0.15, 0.2) is 6.29 Å². The van der Waals surface area contributed by atoms with E-state index in [-0.39, 0.29) is 57.6 Å². The summed E-state index contributed by atoms with van der Waals surface area (Å²) in [7, 11) is 0. The van der Waals surface area contributed by atoms with Gasteiger partial charge >= 0.3 is 24.1 Å². The number of hydrogen-bond acceptors (Lipinski definition) is 12. The van der Waals surface area contributed by atoms with Crippen LogP contribution in [0.4, 0.5) is 4.79 Å². The van der Waals surface area contributed by atoms with E-state index in [2.05, 4.69) is 63.8 Å². The summed E-state index contributed by atoms with van der Waals surface area (Å²) in [6.45, 7) is 15.1. The molecule has 64 heavy (non-hydrogen) atoms. The number of hydrogen-bond donors (Lipinski definition) is 0. The fraction of sp³-hybridized carbons (Fsp3) is 0.846. The molecule has 0 amide bonds. The summed E-state index contributed by atoms with van der Waals surface area (Å²) in [6.07, 6.45) is 29.7. The predicted octanol–water partition coefficient (Wildman–Crippen LogP) is 12.3. The molecule has 0 spiro atoms. The van der Waals surface area contributed by atoms with Crippen LogP contribution in [0.15, 0.2) is 24.3 Å². The van der Waals surface area contributed by atoms with Gasteiger partial charge in [-0.2, -0.15) is 0 Å². The van der Waals surface area contributed by atoms with Gasteiger partial charge in [-0.15, -0.1) is 0 Å². The van der Waals surface area contributed by atoms with Crippen molar-refractivity contribution in [1.29, 1.82) is 0 Å². The maximum Gasteiger partial charge on any atom is 0.508 e. The molecule has 2 atom stereocenters. The van der Waals surface area contributed by atoms with Gasteiger partial charge in [-0.05, 0) is 102 Å². The lowest BCUT2D eigenvalue weighted by molar-refractivity contribution is -0.161. The third-order valence-electron chi connectivity index (χ3n) is 11.6. The molecule has 1 saturated heterocycles. The van der Waals surface area contributed by atoms with Gasteiger partial charge in [0.1, 0.15) is 19.8 Å². The van der Waals surface area contributed by atoms with Crippen molar-refractivity contribution in [2.45, 2.75) is 201 Å². The first-order valence-electron chi connectivity index (χ1n) is 25.8. The Morgan fingerprint density at radius 2 is 1.11 bits per heavy atom. The highest BCUT2D eigenvalue weighted by Gasteiger charge is 2.23. The lowest BCUT2D eigenvalue weighted by atomic mass is 9.92. The van der Waals surface area contributed by atoms with E-state index in [1.165, 1.54) is 51.4 Å². The number of ether oxygens (including phenoxy) is 7. The first-order chi connectivity index (χ1) is 31.2. The van der Waals surface area contributed by atoms with Crippen molar-refractivity contribution in [3.63, 3.8) is 0 Å². The molecule has 1 rings (SSSR count). The van der Waals surface area contributed by atoms with Crippen molar-refractivity contribution in [3.05, 3.63) is 24.3 Å². The predicted molar refractivity (Wildman–Crippen MR) is 255 cm³/mol. The molecule has 2 unspecified atom stereocenters. The Labute approximate surface area is 389 Å². The molecule has 0 aliphatic carbocycles. The fourth-order valence-electron chi connectivity index (χ4n) is 7.63. The van der Waals surface area contributed by atoms with Gasteiger partial charge in [0.2, 0.25) is 0 Å². The molecule has 0 aromatic rings. The molecule has 0 bridgehead atoms. The van der Waals surface area contributed by atoms with Crippen LogP contribution in [0.5, 0.6) is 0 Å². The monoisotopic (exact) mass is 908 g/mol. The van der Waals surface area contributed by atoms with Crippen molar-refractivity contribution in [3.8, 4) is 0 Å². The summed E-state index contributed by atoms with van der Waals surface area (Å²) in [4.78, 5) is 53.2. The first kappa shape index (κ1) is 59.1. The van der Waals surface area contributed by atoms with Crippen LogP contribution in [0.25, 0.3) is 0 Å². The topological polar surface area (TPSA) is 136 Å². The maximum atomic E-state index is 13.0. The number of allylic oxidation sites excluding steroid dienone is 4. The highest BCUT2D eigenvalue weighted by molar-refractivity contribution is 5.71. The van der Waals surface area contributed by atoms with Crippen molar-refractivity contribution in [2.24, 2.45) is 17.8 Å². The molecule has 1 aliphatic heterocycles. The van der Waals surface area contributed by atoms with E-state index in [4.69, 9.17) is 33.2 Å². The van der Waals surface area contributed by atoms with E-state index in [9.17, 15) is 19.2 Å². The number of rotatable bonds is 42. The molecular formula is C52H93NO11. The zero-order valence-electron chi connectivity index (χ0n) is 41.3. The van der Waals surface area contributed by atoms with Gasteiger partial charge in [-0.1, -0.05) is 110 Å². The molecule has 1 fully saturated rings. The van der Waals surface area contributed by atoms with Crippen molar-refractivity contribution >= 4 is 24.1 Å². The third kappa shape index (κ3) is 35.3. The second kappa shape index (κ2) is 42.7. The Hall–Kier alpha value is -2.96. The van der Waals surface area contributed by atoms with Crippen LogP contribution in [0.3, 0.4) is 0 Å². The van der Waals surface area contributed by atoms with Crippen LogP contribution in [0.2, 0.25) is 0 Å².